The molecule has 0 bridgehead atoms. The number of aryl methyl sites for hydroxylation is 1. The van der Waals surface area contributed by atoms with Gasteiger partial charge in [-0.15, -0.1) is 0 Å². The minimum absolute atomic E-state index is 0.00724. The Labute approximate surface area is 190 Å². The van der Waals surface area contributed by atoms with Crippen LogP contribution < -0.4 is 16.2 Å². The molecule has 8 nitrogen and oxygen atoms in total. The molecule has 0 fully saturated rings. The third-order valence-corrected chi connectivity index (χ3v) is 5.18. The second-order valence-corrected chi connectivity index (χ2v) is 7.67. The minimum atomic E-state index is -4.79. The van der Waals surface area contributed by atoms with Crippen LogP contribution in [0.15, 0.2) is 51.0 Å². The van der Waals surface area contributed by atoms with E-state index in [1.807, 2.05) is 0 Å². The van der Waals surface area contributed by atoms with Crippen LogP contribution in [0.3, 0.4) is 0 Å². The average molecular weight is 480 g/mol. The Morgan fingerprint density at radius 2 is 1.97 bits per heavy atom. The van der Waals surface area contributed by atoms with E-state index < -0.39 is 34.8 Å². The molecule has 0 radical (unpaired) electrons. The summed E-state index contributed by atoms with van der Waals surface area (Å²) >= 11 is 1.26. The van der Waals surface area contributed by atoms with Crippen LogP contribution in [-0.2, 0) is 17.4 Å². The van der Waals surface area contributed by atoms with Gasteiger partial charge in [0.2, 0.25) is 5.91 Å². The number of rotatable bonds is 7. The molecule has 12 heteroatoms. The highest BCUT2D eigenvalue weighted by atomic mass is 32.2. The van der Waals surface area contributed by atoms with Crippen LogP contribution in [0.5, 0.6) is 0 Å². The molecule has 0 saturated carbocycles. The predicted octanol–water partition coefficient (Wildman–Crippen LogP) is 4.24. The van der Waals surface area contributed by atoms with E-state index >= 15 is 0 Å². The molecule has 2 amide bonds. The van der Waals surface area contributed by atoms with Crippen molar-refractivity contribution < 1.29 is 27.2 Å². The normalized spacial score (nSPS) is 11.3. The maximum absolute atomic E-state index is 13.6. The van der Waals surface area contributed by atoms with Crippen LogP contribution in [0.2, 0.25) is 0 Å². The fraction of sp³-hybridized carbons (Fsp3) is 0.238. The molecule has 0 aliphatic carbocycles. The van der Waals surface area contributed by atoms with Crippen LogP contribution in [0.1, 0.15) is 33.8 Å². The third kappa shape index (κ3) is 6.04. The summed E-state index contributed by atoms with van der Waals surface area (Å²) in [5.41, 5.74) is -1.38. The largest absolute Gasteiger partial charge is 0.459 e. The highest BCUT2D eigenvalue weighted by Gasteiger charge is 2.34. The number of hydrogen-bond donors (Lipinski definition) is 3. The van der Waals surface area contributed by atoms with E-state index in [0.717, 1.165) is 12.1 Å². The zero-order chi connectivity index (χ0) is 24.2. The SMILES string of the molecule is CSc1nc(C)c(CCC(=O)Nc2ccc(NC(=O)c3ccco3)cc2C(F)(F)F)c(=O)[nH]1. The Balaban J connectivity index is 1.74. The molecule has 33 heavy (non-hydrogen) atoms. The first-order chi connectivity index (χ1) is 15.6. The van der Waals surface area contributed by atoms with Gasteiger partial charge >= 0.3 is 6.18 Å². The highest BCUT2D eigenvalue weighted by molar-refractivity contribution is 7.98. The molecule has 0 atom stereocenters. The van der Waals surface area contributed by atoms with Gasteiger partial charge in [0.15, 0.2) is 10.9 Å². The lowest BCUT2D eigenvalue weighted by atomic mass is 10.1. The van der Waals surface area contributed by atoms with Gasteiger partial charge in [-0.1, -0.05) is 11.8 Å². The maximum atomic E-state index is 13.6. The molecular weight excluding hydrogens is 461 g/mol. The molecule has 2 aromatic heterocycles. The summed E-state index contributed by atoms with van der Waals surface area (Å²) in [7, 11) is 0. The van der Waals surface area contributed by atoms with Crippen molar-refractivity contribution in [3.63, 3.8) is 0 Å². The van der Waals surface area contributed by atoms with Crippen molar-refractivity contribution in [3.05, 3.63) is 69.5 Å². The molecule has 0 aliphatic heterocycles. The number of thioether (sulfide) groups is 1. The number of carbonyl (C=O) groups excluding carboxylic acids is 2. The third-order valence-electron chi connectivity index (χ3n) is 4.60. The highest BCUT2D eigenvalue weighted by Crippen LogP contribution is 2.36. The minimum Gasteiger partial charge on any atom is -0.459 e. The second kappa shape index (κ2) is 9.94. The molecule has 0 aliphatic rings. The standard InChI is InChI=1S/C21H19F3N4O4S/c1-11-13(18(30)28-20(25-11)33-2)6-8-17(29)27-15-7-5-12(10-14(15)21(22,23)24)26-19(31)16-4-3-9-32-16/h3-5,7,9-10H,6,8H2,1-2H3,(H,26,31)(H,27,29)(H,25,28,30). The van der Waals surface area contributed by atoms with Crippen LogP contribution in [-0.4, -0.2) is 28.0 Å². The Bertz CT molecular complexity index is 1220. The Morgan fingerprint density at radius 3 is 2.58 bits per heavy atom. The number of alkyl halides is 3. The smallest absolute Gasteiger partial charge is 0.418 e. The topological polar surface area (TPSA) is 117 Å². The molecule has 174 valence electrons. The molecule has 0 saturated heterocycles. The van der Waals surface area contributed by atoms with Crippen molar-refractivity contribution in [2.75, 3.05) is 16.9 Å². The summed E-state index contributed by atoms with van der Waals surface area (Å²) < 4.78 is 45.7. The van der Waals surface area contributed by atoms with Gasteiger partial charge in [-0.2, -0.15) is 13.2 Å². The second-order valence-electron chi connectivity index (χ2n) is 6.88. The van der Waals surface area contributed by atoms with E-state index in [-0.39, 0.29) is 29.9 Å². The molecule has 3 aromatic rings. The van der Waals surface area contributed by atoms with E-state index in [0.29, 0.717) is 10.9 Å². The number of H-pyrrole nitrogens is 1. The first-order valence-corrected chi connectivity index (χ1v) is 10.8. The molecule has 0 spiro atoms. The zero-order valence-electron chi connectivity index (χ0n) is 17.5. The zero-order valence-corrected chi connectivity index (χ0v) is 18.3. The molecule has 3 rings (SSSR count). The predicted molar refractivity (Wildman–Crippen MR) is 116 cm³/mol. The number of carbonyl (C=O) groups is 2. The molecule has 2 heterocycles. The fourth-order valence-electron chi connectivity index (χ4n) is 2.99. The van der Waals surface area contributed by atoms with Crippen molar-refractivity contribution in [2.24, 2.45) is 0 Å². The molecular formula is C21H19F3N4O4S. The van der Waals surface area contributed by atoms with Gasteiger partial charge in [0, 0.05) is 23.4 Å². The number of benzene rings is 1. The molecule has 1 aromatic carbocycles. The maximum Gasteiger partial charge on any atom is 0.418 e. The summed E-state index contributed by atoms with van der Waals surface area (Å²) in [6.07, 6.45) is -2.00. The number of nitrogens with zero attached hydrogens (tertiary/aromatic N) is 1. The number of halogens is 3. The number of aromatic amines is 1. The van der Waals surface area contributed by atoms with Gasteiger partial charge in [-0.25, -0.2) is 4.98 Å². The van der Waals surface area contributed by atoms with Crippen LogP contribution in [0.25, 0.3) is 0 Å². The van der Waals surface area contributed by atoms with Crippen molar-refractivity contribution in [3.8, 4) is 0 Å². The number of amides is 2. The summed E-state index contributed by atoms with van der Waals surface area (Å²) in [6, 6.07) is 5.83. The number of nitrogens with one attached hydrogen (secondary N) is 3. The van der Waals surface area contributed by atoms with Crippen molar-refractivity contribution in [1.29, 1.82) is 0 Å². The van der Waals surface area contributed by atoms with Gasteiger partial charge in [-0.3, -0.25) is 14.4 Å². The Morgan fingerprint density at radius 1 is 1.21 bits per heavy atom. The van der Waals surface area contributed by atoms with Crippen molar-refractivity contribution >= 4 is 35.0 Å². The lowest BCUT2D eigenvalue weighted by molar-refractivity contribution is -0.136. The number of aromatic nitrogens is 2. The number of hydrogen-bond acceptors (Lipinski definition) is 6. The summed E-state index contributed by atoms with van der Waals surface area (Å²) in [4.78, 5) is 43.3. The van der Waals surface area contributed by atoms with Gasteiger partial charge < -0.3 is 20.0 Å². The summed E-state index contributed by atoms with van der Waals surface area (Å²) in [6.45, 7) is 1.62. The lowest BCUT2D eigenvalue weighted by Gasteiger charge is -2.16. The average Bonchev–Trinajstić information content (AvgIpc) is 3.28. The first-order valence-electron chi connectivity index (χ1n) is 9.58. The first kappa shape index (κ1) is 24.1. The van der Waals surface area contributed by atoms with Gasteiger partial charge in [-0.05, 0) is 49.9 Å². The van der Waals surface area contributed by atoms with Crippen molar-refractivity contribution in [2.45, 2.75) is 31.1 Å². The van der Waals surface area contributed by atoms with Gasteiger partial charge in [0.1, 0.15) is 0 Å². The Hall–Kier alpha value is -3.54. The van der Waals surface area contributed by atoms with Gasteiger partial charge in [0.25, 0.3) is 11.5 Å². The van der Waals surface area contributed by atoms with Crippen molar-refractivity contribution in [1.82, 2.24) is 9.97 Å². The van der Waals surface area contributed by atoms with Crippen LogP contribution in [0.4, 0.5) is 24.5 Å². The summed E-state index contributed by atoms with van der Waals surface area (Å²) in [5.74, 6) is -1.49. The monoisotopic (exact) mass is 480 g/mol. The van der Waals surface area contributed by atoms with Gasteiger partial charge in [0.05, 0.1) is 17.5 Å². The quantitative estimate of drug-likeness (QED) is 0.344. The molecule has 0 unspecified atom stereocenters. The number of furan rings is 1. The lowest BCUT2D eigenvalue weighted by Crippen LogP contribution is -2.21. The van der Waals surface area contributed by atoms with E-state index in [4.69, 9.17) is 4.42 Å². The fourth-order valence-corrected chi connectivity index (χ4v) is 3.42. The van der Waals surface area contributed by atoms with Crippen LogP contribution in [0, 0.1) is 6.92 Å². The van der Waals surface area contributed by atoms with E-state index in [1.54, 1.807) is 13.2 Å². The van der Waals surface area contributed by atoms with E-state index in [9.17, 15) is 27.6 Å². The van der Waals surface area contributed by atoms with E-state index in [1.165, 1.54) is 36.2 Å². The number of anilines is 2. The van der Waals surface area contributed by atoms with E-state index in [2.05, 4.69) is 20.6 Å². The summed E-state index contributed by atoms with van der Waals surface area (Å²) in [5, 5.41) is 4.97. The molecule has 3 N–H and O–H groups in total. The Kier molecular flexibility index (Phi) is 7.26. The van der Waals surface area contributed by atoms with Crippen LogP contribution >= 0.6 is 11.8 Å².